The highest BCUT2D eigenvalue weighted by Gasteiger charge is 2.32. The third-order valence-corrected chi connectivity index (χ3v) is 8.91. The zero-order chi connectivity index (χ0) is 17.0. The molecule has 120 valence electrons. The van der Waals surface area contributed by atoms with Crippen LogP contribution < -0.4 is 10.4 Å². The van der Waals surface area contributed by atoms with Gasteiger partial charge in [-0.05, 0) is 29.8 Å². The molecule has 0 heterocycles. The quantitative estimate of drug-likeness (QED) is 0.467. The van der Waals surface area contributed by atoms with Gasteiger partial charge in [0.15, 0.2) is 0 Å². The minimum Gasteiger partial charge on any atom is -0.149 e. The van der Waals surface area contributed by atoms with E-state index in [-0.39, 0.29) is 0 Å². The number of hydrogen-bond acceptors (Lipinski definition) is 0. The molecule has 0 aromatic heterocycles. The molecule has 1 unspecified atom stereocenters. The van der Waals surface area contributed by atoms with Crippen LogP contribution in [0.15, 0.2) is 84.6 Å². The molecule has 0 spiro atoms. The van der Waals surface area contributed by atoms with Crippen molar-refractivity contribution >= 4 is 34.9 Å². The summed E-state index contributed by atoms with van der Waals surface area (Å²) < 4.78 is 0. The summed E-state index contributed by atoms with van der Waals surface area (Å²) in [5.41, 5.74) is 5.92. The fourth-order valence-electron chi connectivity index (χ4n) is 2.72. The van der Waals surface area contributed by atoms with Crippen LogP contribution in [-0.2, 0) is 0 Å². The van der Waals surface area contributed by atoms with Gasteiger partial charge in [-0.25, -0.2) is 0 Å². The minimum atomic E-state index is -2.43. The molecule has 2 heteroatoms. The molecule has 0 nitrogen and oxygen atoms in total. The Morgan fingerprint density at radius 2 is 1.17 bits per heavy atom. The van der Waals surface area contributed by atoms with Crippen molar-refractivity contribution in [1.82, 2.24) is 0 Å². The van der Waals surface area contributed by atoms with Crippen LogP contribution in [0.1, 0.15) is 16.7 Å². The highest BCUT2D eigenvalue weighted by molar-refractivity contribution is 7.36. The van der Waals surface area contributed by atoms with Gasteiger partial charge in [-0.2, -0.15) is 0 Å². The van der Waals surface area contributed by atoms with E-state index in [0.717, 1.165) is 0 Å². The Morgan fingerprint density at radius 3 is 1.75 bits per heavy atom. The van der Waals surface area contributed by atoms with Gasteiger partial charge in [0, 0.05) is 0 Å². The first-order valence-corrected chi connectivity index (χ1v) is 11.2. The lowest BCUT2D eigenvalue weighted by atomic mass is 10.2. The molecule has 0 aliphatic rings. The van der Waals surface area contributed by atoms with Gasteiger partial charge in [-0.15, -0.1) is 11.1 Å². The molecular weight excluding hydrogens is 328 g/mol. The summed E-state index contributed by atoms with van der Waals surface area (Å²) in [5, 5.41) is 2.42. The van der Waals surface area contributed by atoms with E-state index in [1.165, 1.54) is 27.1 Å². The lowest BCUT2D eigenvalue weighted by Gasteiger charge is -2.22. The molecule has 0 saturated heterocycles. The van der Waals surface area contributed by atoms with Gasteiger partial charge in [0.25, 0.3) is 0 Å². The van der Waals surface area contributed by atoms with Crippen molar-refractivity contribution in [1.29, 1.82) is 0 Å². The summed E-state index contributed by atoms with van der Waals surface area (Å²) in [4.78, 5) is 0. The van der Waals surface area contributed by atoms with E-state index in [0.29, 0.717) is 0 Å². The van der Waals surface area contributed by atoms with Crippen molar-refractivity contribution in [3.63, 3.8) is 0 Å². The lowest BCUT2D eigenvalue weighted by Crippen LogP contribution is -2.52. The predicted octanol–water partition coefficient (Wildman–Crippen LogP) is 4.85. The first-order valence-electron chi connectivity index (χ1n) is 8.15. The van der Waals surface area contributed by atoms with Crippen molar-refractivity contribution in [2.24, 2.45) is 0 Å². The van der Waals surface area contributed by atoms with E-state index >= 15 is 0 Å². The van der Waals surface area contributed by atoms with Gasteiger partial charge >= 0.3 is 0 Å². The van der Waals surface area contributed by atoms with Crippen LogP contribution in [0.4, 0.5) is 0 Å². The third-order valence-electron chi connectivity index (χ3n) is 4.25. The average Bonchev–Trinajstić information content (AvgIpc) is 2.62. The molecule has 0 aliphatic carbocycles. The standard InChI is InChI=1S/C22H21ClSi/c1-18-8-12-20(13-9-18)16-17-24(23,21-6-4-3-5-7-21)22-14-10-19(2)11-15-22/h3-17H,1-2H3/b17-16+. The molecule has 0 aliphatic heterocycles. The molecule has 0 saturated carbocycles. The monoisotopic (exact) mass is 348 g/mol. The van der Waals surface area contributed by atoms with Gasteiger partial charge in [0.2, 0.25) is 7.38 Å². The fourth-order valence-corrected chi connectivity index (χ4v) is 6.14. The summed E-state index contributed by atoms with van der Waals surface area (Å²) >= 11 is 7.28. The number of benzene rings is 3. The molecule has 1 atom stereocenters. The topological polar surface area (TPSA) is 0 Å². The Morgan fingerprint density at radius 1 is 0.667 bits per heavy atom. The van der Waals surface area contributed by atoms with Gasteiger partial charge in [-0.1, -0.05) is 102 Å². The second-order valence-corrected chi connectivity index (χ2v) is 10.9. The maximum Gasteiger partial charge on any atom is 0.240 e. The highest BCUT2D eigenvalue weighted by atomic mass is 35.6. The summed E-state index contributed by atoms with van der Waals surface area (Å²) in [5.74, 6) is 0. The maximum atomic E-state index is 7.28. The Kier molecular flexibility index (Phi) is 5.03. The van der Waals surface area contributed by atoms with E-state index in [2.05, 4.69) is 98.4 Å². The Bertz CT molecular complexity index is 820. The molecule has 0 amide bonds. The summed E-state index contributed by atoms with van der Waals surface area (Å²) in [7, 11) is -2.43. The summed E-state index contributed by atoms with van der Waals surface area (Å²) in [6, 6.07) is 27.6. The molecule has 0 fully saturated rings. The lowest BCUT2D eigenvalue weighted by molar-refractivity contribution is 1.46. The minimum absolute atomic E-state index is 1.18. The highest BCUT2D eigenvalue weighted by Crippen LogP contribution is 2.16. The summed E-state index contributed by atoms with van der Waals surface area (Å²) in [6.07, 6.45) is 2.16. The van der Waals surface area contributed by atoms with E-state index in [4.69, 9.17) is 11.1 Å². The van der Waals surface area contributed by atoms with E-state index < -0.39 is 7.38 Å². The normalized spacial score (nSPS) is 13.8. The van der Waals surface area contributed by atoms with E-state index in [1.54, 1.807) is 0 Å². The summed E-state index contributed by atoms with van der Waals surface area (Å²) in [6.45, 7) is 4.20. The number of halogens is 1. The van der Waals surface area contributed by atoms with Gasteiger partial charge < -0.3 is 0 Å². The number of aryl methyl sites for hydroxylation is 2. The predicted molar refractivity (Wildman–Crippen MR) is 109 cm³/mol. The molecule has 0 bridgehead atoms. The molecule has 0 N–H and O–H groups in total. The average molecular weight is 349 g/mol. The van der Waals surface area contributed by atoms with Crippen LogP contribution in [0, 0.1) is 13.8 Å². The van der Waals surface area contributed by atoms with Crippen molar-refractivity contribution in [2.45, 2.75) is 13.8 Å². The van der Waals surface area contributed by atoms with Crippen molar-refractivity contribution in [3.8, 4) is 0 Å². The Hall–Kier alpha value is -2.09. The van der Waals surface area contributed by atoms with E-state index in [1.807, 2.05) is 6.07 Å². The second kappa shape index (κ2) is 7.21. The third kappa shape index (κ3) is 3.69. The van der Waals surface area contributed by atoms with Gasteiger partial charge in [0.05, 0.1) is 0 Å². The maximum absolute atomic E-state index is 7.28. The van der Waals surface area contributed by atoms with Crippen LogP contribution in [0.5, 0.6) is 0 Å². The van der Waals surface area contributed by atoms with Crippen molar-refractivity contribution < 1.29 is 0 Å². The first-order chi connectivity index (χ1) is 11.6. The largest absolute Gasteiger partial charge is 0.240 e. The first kappa shape index (κ1) is 16.8. The van der Waals surface area contributed by atoms with Crippen LogP contribution in [0.25, 0.3) is 6.08 Å². The fraction of sp³-hybridized carbons (Fsp3) is 0.0909. The van der Waals surface area contributed by atoms with E-state index in [9.17, 15) is 0 Å². The molecule has 0 radical (unpaired) electrons. The van der Waals surface area contributed by atoms with Crippen molar-refractivity contribution in [2.75, 3.05) is 0 Å². The second-order valence-electron chi connectivity index (χ2n) is 6.19. The SMILES string of the molecule is Cc1ccc(/C=C/[Si](Cl)(c2ccccc2)c2ccc(C)cc2)cc1. The number of hydrogen-bond donors (Lipinski definition) is 0. The van der Waals surface area contributed by atoms with Crippen LogP contribution in [0.2, 0.25) is 0 Å². The van der Waals surface area contributed by atoms with Gasteiger partial charge in [0.1, 0.15) is 0 Å². The number of rotatable bonds is 4. The zero-order valence-electron chi connectivity index (χ0n) is 14.0. The zero-order valence-corrected chi connectivity index (χ0v) is 15.8. The molecule has 3 rings (SSSR count). The van der Waals surface area contributed by atoms with Crippen LogP contribution in [-0.4, -0.2) is 7.38 Å². The smallest absolute Gasteiger partial charge is 0.149 e. The Labute approximate surface area is 150 Å². The molecular formula is C22H21ClSi. The van der Waals surface area contributed by atoms with Crippen LogP contribution in [0.3, 0.4) is 0 Å². The van der Waals surface area contributed by atoms with Crippen LogP contribution >= 0.6 is 11.1 Å². The molecule has 24 heavy (non-hydrogen) atoms. The van der Waals surface area contributed by atoms with Crippen molar-refractivity contribution in [3.05, 3.63) is 101 Å². The molecule has 3 aromatic carbocycles. The Balaban J connectivity index is 2.05. The molecule has 3 aromatic rings. The van der Waals surface area contributed by atoms with Gasteiger partial charge in [-0.3, -0.25) is 0 Å².